The van der Waals surface area contributed by atoms with Crippen LogP contribution in [0.15, 0.2) is 58.2 Å². The Balaban J connectivity index is 1.57. The summed E-state index contributed by atoms with van der Waals surface area (Å²) in [5.74, 6) is 0.480. The van der Waals surface area contributed by atoms with Crippen molar-refractivity contribution < 1.29 is 9.63 Å². The molecule has 0 bridgehead atoms. The molecule has 0 N–H and O–H groups in total. The topological polar surface area (TPSA) is 38.7 Å². The number of carbonyl (C=O) groups excluding carboxylic acids is 1. The molecular formula is C20H17BrClNO2. The van der Waals surface area contributed by atoms with E-state index in [-0.39, 0.29) is 17.8 Å². The molecule has 0 saturated heterocycles. The van der Waals surface area contributed by atoms with Crippen molar-refractivity contribution in [2.45, 2.75) is 25.2 Å². The quantitative estimate of drug-likeness (QED) is 0.362. The van der Waals surface area contributed by atoms with Gasteiger partial charge < -0.3 is 4.84 Å². The van der Waals surface area contributed by atoms with Crippen LogP contribution in [0.2, 0.25) is 5.02 Å². The van der Waals surface area contributed by atoms with Gasteiger partial charge in [0.05, 0.1) is 11.6 Å². The summed E-state index contributed by atoms with van der Waals surface area (Å²) in [5.41, 5.74) is 3.09. The van der Waals surface area contributed by atoms with E-state index in [0.29, 0.717) is 5.92 Å². The number of carbonyl (C=O) groups is 1. The summed E-state index contributed by atoms with van der Waals surface area (Å²) in [4.78, 5) is 17.1. The molecule has 2 aliphatic rings. The van der Waals surface area contributed by atoms with Gasteiger partial charge in [-0.2, -0.15) is 0 Å². The van der Waals surface area contributed by atoms with Crippen molar-refractivity contribution >= 4 is 39.2 Å². The molecule has 0 spiro atoms. The fourth-order valence-corrected chi connectivity index (χ4v) is 3.41. The molecule has 5 heteroatoms. The minimum atomic E-state index is -0.210. The number of hydrogen-bond acceptors (Lipinski definition) is 3. The van der Waals surface area contributed by atoms with Crippen molar-refractivity contribution in [3.63, 3.8) is 0 Å². The Hall–Kier alpha value is -1.65. The average molecular weight is 419 g/mol. The summed E-state index contributed by atoms with van der Waals surface area (Å²) >= 11 is 9.44. The zero-order chi connectivity index (χ0) is 17.4. The van der Waals surface area contributed by atoms with Crippen molar-refractivity contribution in [1.82, 2.24) is 0 Å². The van der Waals surface area contributed by atoms with Crippen molar-refractivity contribution in [2.24, 2.45) is 17.0 Å². The molecule has 128 valence electrons. The lowest BCUT2D eigenvalue weighted by atomic mass is 10.0. The largest absolute Gasteiger partial charge is 0.338 e. The number of halogens is 2. The van der Waals surface area contributed by atoms with Gasteiger partial charge >= 0.3 is 5.97 Å². The number of oxime groups is 1. The lowest BCUT2D eigenvalue weighted by Crippen LogP contribution is -2.10. The molecule has 3 nitrogen and oxygen atoms in total. The summed E-state index contributed by atoms with van der Waals surface area (Å²) < 4.78 is 1.01. The lowest BCUT2D eigenvalue weighted by Gasteiger charge is -2.07. The van der Waals surface area contributed by atoms with E-state index in [0.717, 1.165) is 40.0 Å². The monoisotopic (exact) mass is 417 g/mol. The van der Waals surface area contributed by atoms with Crippen LogP contribution in [-0.2, 0) is 9.63 Å². The highest BCUT2D eigenvalue weighted by molar-refractivity contribution is 9.10. The molecule has 25 heavy (non-hydrogen) atoms. The maximum absolute atomic E-state index is 11.9. The first-order chi connectivity index (χ1) is 12.1. The first kappa shape index (κ1) is 16.8. The number of benzene rings is 2. The van der Waals surface area contributed by atoms with Gasteiger partial charge in [0.2, 0.25) is 0 Å². The minimum Gasteiger partial charge on any atom is -0.318 e. The van der Waals surface area contributed by atoms with Crippen LogP contribution < -0.4 is 0 Å². The van der Waals surface area contributed by atoms with Crippen LogP contribution in [0, 0.1) is 11.8 Å². The zero-order valence-corrected chi connectivity index (χ0v) is 15.8. The maximum Gasteiger partial charge on any atom is 0.338 e. The molecule has 2 saturated carbocycles. The maximum atomic E-state index is 11.9. The number of rotatable bonds is 5. The normalized spacial score (nSPS) is 22.6. The molecule has 0 aromatic heterocycles. The minimum absolute atomic E-state index is 0.0428. The van der Waals surface area contributed by atoms with Crippen LogP contribution in [0.25, 0.3) is 0 Å². The molecule has 2 aliphatic carbocycles. The summed E-state index contributed by atoms with van der Waals surface area (Å²) in [6, 6.07) is 15.9. The van der Waals surface area contributed by atoms with Gasteiger partial charge in [0.1, 0.15) is 0 Å². The third kappa shape index (κ3) is 3.96. The molecule has 2 aromatic rings. The molecule has 2 fully saturated rings. The van der Waals surface area contributed by atoms with Crippen LogP contribution in [-0.4, -0.2) is 11.7 Å². The predicted octanol–water partition coefficient (Wildman–Crippen LogP) is 5.56. The van der Waals surface area contributed by atoms with Crippen LogP contribution in [0.5, 0.6) is 0 Å². The van der Waals surface area contributed by atoms with E-state index in [2.05, 4.69) is 33.2 Å². The fourth-order valence-electron chi connectivity index (χ4n) is 3.02. The van der Waals surface area contributed by atoms with E-state index in [1.807, 2.05) is 36.4 Å². The standard InChI is InChI=1S/C20H17BrClNO2/c21-15-7-3-13(4-8-15)19(23-25-20(24)14-1-2-14)18-11-17(18)12-5-9-16(22)10-6-12/h3-10,14,17-18H,1-2,11H2/b23-19+. The van der Waals surface area contributed by atoms with Gasteiger partial charge in [0.25, 0.3) is 0 Å². The molecule has 2 unspecified atom stereocenters. The Bertz CT molecular complexity index is 813. The molecule has 4 rings (SSSR count). The van der Waals surface area contributed by atoms with Crippen LogP contribution >= 0.6 is 27.5 Å². The third-order valence-corrected chi connectivity index (χ3v) is 5.51. The highest BCUT2D eigenvalue weighted by atomic mass is 79.9. The van der Waals surface area contributed by atoms with Gasteiger partial charge in [-0.3, -0.25) is 0 Å². The summed E-state index contributed by atoms with van der Waals surface area (Å²) in [6.07, 6.45) is 2.83. The molecule has 0 heterocycles. The Labute approximate surface area is 160 Å². The van der Waals surface area contributed by atoms with E-state index in [9.17, 15) is 4.79 Å². The van der Waals surface area contributed by atoms with E-state index < -0.39 is 0 Å². The lowest BCUT2D eigenvalue weighted by molar-refractivity contribution is -0.145. The van der Waals surface area contributed by atoms with Gasteiger partial charge in [-0.25, -0.2) is 4.79 Å². The third-order valence-electron chi connectivity index (χ3n) is 4.72. The Morgan fingerprint density at radius 3 is 2.40 bits per heavy atom. The van der Waals surface area contributed by atoms with Crippen molar-refractivity contribution in [3.8, 4) is 0 Å². The Kier molecular flexibility index (Phi) is 4.65. The van der Waals surface area contributed by atoms with Crippen LogP contribution in [0.1, 0.15) is 36.3 Å². The summed E-state index contributed by atoms with van der Waals surface area (Å²) in [7, 11) is 0. The first-order valence-corrected chi connectivity index (χ1v) is 9.59. The summed E-state index contributed by atoms with van der Waals surface area (Å²) in [5, 5.41) is 5.00. The second kappa shape index (κ2) is 6.93. The first-order valence-electron chi connectivity index (χ1n) is 8.42. The van der Waals surface area contributed by atoms with Crippen LogP contribution in [0.4, 0.5) is 0 Å². The molecular weight excluding hydrogens is 402 g/mol. The second-order valence-electron chi connectivity index (χ2n) is 6.67. The van der Waals surface area contributed by atoms with E-state index >= 15 is 0 Å². The summed E-state index contributed by atoms with van der Waals surface area (Å²) in [6.45, 7) is 0. The van der Waals surface area contributed by atoms with Gasteiger partial charge in [0, 0.05) is 15.4 Å². The van der Waals surface area contributed by atoms with Crippen LogP contribution in [0.3, 0.4) is 0 Å². The molecule has 0 aliphatic heterocycles. The smallest absolute Gasteiger partial charge is 0.318 e. The number of nitrogens with zero attached hydrogens (tertiary/aromatic N) is 1. The Morgan fingerprint density at radius 2 is 1.76 bits per heavy atom. The van der Waals surface area contributed by atoms with Crippen molar-refractivity contribution in [1.29, 1.82) is 0 Å². The highest BCUT2D eigenvalue weighted by Gasteiger charge is 2.43. The van der Waals surface area contributed by atoms with Crippen molar-refractivity contribution in [2.75, 3.05) is 0 Å². The molecule has 2 atom stereocenters. The second-order valence-corrected chi connectivity index (χ2v) is 8.02. The number of hydrogen-bond donors (Lipinski definition) is 0. The van der Waals surface area contributed by atoms with Gasteiger partial charge in [-0.1, -0.05) is 57.0 Å². The van der Waals surface area contributed by atoms with E-state index in [4.69, 9.17) is 16.4 Å². The predicted molar refractivity (Wildman–Crippen MR) is 102 cm³/mol. The zero-order valence-electron chi connectivity index (χ0n) is 13.5. The van der Waals surface area contributed by atoms with Gasteiger partial charge in [0.15, 0.2) is 0 Å². The van der Waals surface area contributed by atoms with E-state index in [1.54, 1.807) is 0 Å². The van der Waals surface area contributed by atoms with E-state index in [1.165, 1.54) is 5.56 Å². The van der Waals surface area contributed by atoms with Crippen molar-refractivity contribution in [3.05, 3.63) is 69.2 Å². The molecule has 0 amide bonds. The Morgan fingerprint density at radius 1 is 1.08 bits per heavy atom. The molecule has 2 aromatic carbocycles. The average Bonchev–Trinajstić information content (AvgIpc) is 3.51. The highest BCUT2D eigenvalue weighted by Crippen LogP contribution is 2.49. The molecule has 0 radical (unpaired) electrons. The van der Waals surface area contributed by atoms with Gasteiger partial charge in [-0.15, -0.1) is 0 Å². The fraction of sp³-hybridized carbons (Fsp3) is 0.300. The SMILES string of the molecule is O=C(O/N=C(\c1ccc(Br)cc1)C1CC1c1ccc(Cl)cc1)C1CC1. The van der Waals surface area contributed by atoms with Gasteiger partial charge in [-0.05, 0) is 60.6 Å².